The monoisotopic (exact) mass is 375 g/mol. The maximum atomic E-state index is 13.2. The molecule has 0 saturated carbocycles. The van der Waals surface area contributed by atoms with Crippen molar-refractivity contribution in [3.8, 4) is 0 Å². The summed E-state index contributed by atoms with van der Waals surface area (Å²) in [7, 11) is -3.77. The van der Waals surface area contributed by atoms with Gasteiger partial charge in [0.15, 0.2) is 0 Å². The highest BCUT2D eigenvalue weighted by Gasteiger charge is 2.40. The molecule has 0 amide bonds. The van der Waals surface area contributed by atoms with E-state index in [9.17, 15) is 13.2 Å². The van der Waals surface area contributed by atoms with Crippen molar-refractivity contribution in [3.05, 3.63) is 75.8 Å². The van der Waals surface area contributed by atoms with E-state index in [2.05, 4.69) is 0 Å². The van der Waals surface area contributed by atoms with E-state index in [0.29, 0.717) is 16.2 Å². The van der Waals surface area contributed by atoms with Crippen LogP contribution in [0.4, 0.5) is 0 Å². The van der Waals surface area contributed by atoms with Crippen LogP contribution in [-0.2, 0) is 14.8 Å². The lowest BCUT2D eigenvalue weighted by Crippen LogP contribution is -2.32. The van der Waals surface area contributed by atoms with Gasteiger partial charge < -0.3 is 0 Å². The molecular weight excluding hydrogens is 358 g/mol. The van der Waals surface area contributed by atoms with Crippen molar-refractivity contribution in [3.63, 3.8) is 0 Å². The lowest BCUT2D eigenvalue weighted by Gasteiger charge is -2.26. The van der Waals surface area contributed by atoms with Gasteiger partial charge in [-0.05, 0) is 43.2 Å². The minimum Gasteiger partial charge on any atom is -0.298 e. The van der Waals surface area contributed by atoms with Crippen LogP contribution in [0.5, 0.6) is 0 Å². The molecule has 1 heterocycles. The summed E-state index contributed by atoms with van der Waals surface area (Å²) in [4.78, 5) is 11.8. The van der Waals surface area contributed by atoms with Crippen molar-refractivity contribution in [2.24, 2.45) is 0 Å². The number of hydrogen-bond acceptors (Lipinski definition) is 3. The van der Waals surface area contributed by atoms with Crippen LogP contribution in [0, 0.1) is 6.92 Å². The zero-order chi connectivity index (χ0) is 18.2. The smallest absolute Gasteiger partial charge is 0.244 e. The summed E-state index contributed by atoms with van der Waals surface area (Å²) in [5.74, 6) is 0. The molecule has 25 heavy (non-hydrogen) atoms. The molecule has 0 saturated heterocycles. The van der Waals surface area contributed by atoms with Crippen LogP contribution >= 0.6 is 11.6 Å². The molecule has 130 valence electrons. The van der Waals surface area contributed by atoms with E-state index in [4.69, 9.17) is 11.6 Å². The van der Waals surface area contributed by atoms with Crippen LogP contribution in [0.15, 0.2) is 64.6 Å². The number of sulfonamides is 1. The Balaban J connectivity index is 2.13. The standard InChI is InChI=1S/C19H18ClNO3S/c1-13-7-9-15(10-8-13)25(23,24)21-11-14(2)17(12-22)19(21)16-5-3-4-6-18(16)20/h3-10,12,19H,11H2,1-2H3/t19-/m1/s1. The van der Waals surface area contributed by atoms with Crippen molar-refractivity contribution >= 4 is 27.9 Å². The maximum absolute atomic E-state index is 13.2. The van der Waals surface area contributed by atoms with Crippen LogP contribution < -0.4 is 0 Å². The molecule has 0 aliphatic carbocycles. The summed E-state index contributed by atoms with van der Waals surface area (Å²) in [5.41, 5.74) is 2.77. The zero-order valence-corrected chi connectivity index (χ0v) is 15.5. The van der Waals surface area contributed by atoms with Crippen molar-refractivity contribution in [1.82, 2.24) is 4.31 Å². The van der Waals surface area contributed by atoms with Gasteiger partial charge in [-0.3, -0.25) is 4.79 Å². The fraction of sp³-hybridized carbons (Fsp3) is 0.211. The van der Waals surface area contributed by atoms with Gasteiger partial charge in [0.25, 0.3) is 0 Å². The van der Waals surface area contributed by atoms with Gasteiger partial charge in [-0.1, -0.05) is 47.5 Å². The van der Waals surface area contributed by atoms with Crippen LogP contribution in [0.25, 0.3) is 0 Å². The van der Waals surface area contributed by atoms with E-state index in [1.165, 1.54) is 4.31 Å². The minimum absolute atomic E-state index is 0.167. The Kier molecular flexibility index (Phi) is 4.82. The molecule has 3 rings (SSSR count). The second-order valence-electron chi connectivity index (χ2n) is 6.14. The average Bonchev–Trinajstić information content (AvgIpc) is 2.92. The molecular formula is C19H18ClNO3S. The van der Waals surface area contributed by atoms with Crippen LogP contribution in [0.2, 0.25) is 5.02 Å². The third kappa shape index (κ3) is 3.15. The highest BCUT2D eigenvalue weighted by molar-refractivity contribution is 7.89. The molecule has 2 aromatic rings. The van der Waals surface area contributed by atoms with E-state index in [-0.39, 0.29) is 11.4 Å². The first kappa shape index (κ1) is 17.9. The Morgan fingerprint density at radius 3 is 2.32 bits per heavy atom. The molecule has 4 nitrogen and oxygen atoms in total. The fourth-order valence-electron chi connectivity index (χ4n) is 3.06. The molecule has 0 N–H and O–H groups in total. The van der Waals surface area contributed by atoms with E-state index in [0.717, 1.165) is 17.4 Å². The number of carbonyl (C=O) groups excluding carboxylic acids is 1. The van der Waals surface area contributed by atoms with Crippen molar-refractivity contribution in [2.45, 2.75) is 24.8 Å². The topological polar surface area (TPSA) is 54.5 Å². The predicted molar refractivity (Wildman–Crippen MR) is 98.0 cm³/mol. The number of benzene rings is 2. The molecule has 0 fully saturated rings. The van der Waals surface area contributed by atoms with E-state index in [1.54, 1.807) is 55.5 Å². The minimum atomic E-state index is -3.77. The normalized spacial score (nSPS) is 18.6. The third-order valence-corrected chi connectivity index (χ3v) is 6.59. The summed E-state index contributed by atoms with van der Waals surface area (Å²) in [6.45, 7) is 3.84. The summed E-state index contributed by atoms with van der Waals surface area (Å²) >= 11 is 6.30. The zero-order valence-electron chi connectivity index (χ0n) is 13.9. The van der Waals surface area contributed by atoms with Crippen molar-refractivity contribution < 1.29 is 13.2 Å². The first-order chi connectivity index (χ1) is 11.9. The number of hydrogen-bond donors (Lipinski definition) is 0. The van der Waals surface area contributed by atoms with Gasteiger partial charge in [0.1, 0.15) is 6.29 Å². The van der Waals surface area contributed by atoms with Crippen molar-refractivity contribution in [2.75, 3.05) is 6.54 Å². The van der Waals surface area contributed by atoms with Gasteiger partial charge in [-0.2, -0.15) is 4.31 Å². The molecule has 2 aromatic carbocycles. The number of aryl methyl sites for hydroxylation is 1. The molecule has 0 unspecified atom stereocenters. The summed E-state index contributed by atoms with van der Waals surface area (Å²) < 4.78 is 27.7. The molecule has 0 aromatic heterocycles. The van der Waals surface area contributed by atoms with Crippen molar-refractivity contribution in [1.29, 1.82) is 0 Å². The van der Waals surface area contributed by atoms with Gasteiger partial charge in [-0.15, -0.1) is 0 Å². The quantitative estimate of drug-likeness (QED) is 0.761. The second-order valence-corrected chi connectivity index (χ2v) is 8.44. The van der Waals surface area contributed by atoms with E-state index >= 15 is 0 Å². The predicted octanol–water partition coefficient (Wildman–Crippen LogP) is 3.91. The van der Waals surface area contributed by atoms with Crippen LogP contribution in [0.1, 0.15) is 24.1 Å². The fourth-order valence-corrected chi connectivity index (χ4v) is 4.92. The molecule has 0 radical (unpaired) electrons. The highest BCUT2D eigenvalue weighted by atomic mass is 35.5. The summed E-state index contributed by atoms with van der Waals surface area (Å²) in [6.07, 6.45) is 0.730. The van der Waals surface area contributed by atoms with Gasteiger partial charge in [0.2, 0.25) is 10.0 Å². The number of aldehydes is 1. The van der Waals surface area contributed by atoms with E-state index < -0.39 is 16.1 Å². The average molecular weight is 376 g/mol. The molecule has 1 aliphatic rings. The van der Waals surface area contributed by atoms with Gasteiger partial charge >= 0.3 is 0 Å². The third-order valence-electron chi connectivity index (χ3n) is 4.42. The molecule has 1 aliphatic heterocycles. The maximum Gasteiger partial charge on any atom is 0.244 e. The molecule has 1 atom stereocenters. The molecule has 6 heteroatoms. The summed E-state index contributed by atoms with van der Waals surface area (Å²) in [6, 6.07) is 13.0. The Morgan fingerprint density at radius 1 is 1.08 bits per heavy atom. The van der Waals surface area contributed by atoms with Gasteiger partial charge in [0.05, 0.1) is 10.9 Å². The first-order valence-corrected chi connectivity index (χ1v) is 9.66. The number of halogens is 1. The van der Waals surface area contributed by atoms with Gasteiger partial charge in [0, 0.05) is 17.1 Å². The second kappa shape index (κ2) is 6.75. The Bertz CT molecular complexity index is 949. The SMILES string of the molecule is CC1=C(C=O)[C@@H](c2ccccc2Cl)N(S(=O)(=O)c2ccc(C)cc2)C1. The number of rotatable bonds is 4. The summed E-state index contributed by atoms with van der Waals surface area (Å²) in [5, 5.41) is 0.436. The Morgan fingerprint density at radius 2 is 1.72 bits per heavy atom. The lowest BCUT2D eigenvalue weighted by molar-refractivity contribution is -0.105. The van der Waals surface area contributed by atoms with Crippen LogP contribution in [0.3, 0.4) is 0 Å². The highest BCUT2D eigenvalue weighted by Crippen LogP contribution is 2.41. The molecule has 0 spiro atoms. The number of nitrogens with zero attached hydrogens (tertiary/aromatic N) is 1. The van der Waals surface area contributed by atoms with Crippen LogP contribution in [-0.4, -0.2) is 25.6 Å². The Labute approximate surface area is 152 Å². The first-order valence-electron chi connectivity index (χ1n) is 7.84. The van der Waals surface area contributed by atoms with E-state index in [1.807, 2.05) is 6.92 Å². The van der Waals surface area contributed by atoms with Gasteiger partial charge in [-0.25, -0.2) is 8.42 Å². The Hall–Kier alpha value is -1.95. The lowest BCUT2D eigenvalue weighted by atomic mass is 10.00. The largest absolute Gasteiger partial charge is 0.298 e. The number of carbonyl (C=O) groups is 1. The molecule has 0 bridgehead atoms.